The topological polar surface area (TPSA) is 0 Å². The number of hydrogen-bond donors (Lipinski definition) is 0. The lowest BCUT2D eigenvalue weighted by Gasteiger charge is -2.15. The number of aryl methyl sites for hydroxylation is 1. The maximum absolute atomic E-state index is 2.41. The summed E-state index contributed by atoms with van der Waals surface area (Å²) in [6, 6.07) is 62.3. The van der Waals surface area contributed by atoms with Crippen LogP contribution in [0.2, 0.25) is 0 Å². The van der Waals surface area contributed by atoms with Gasteiger partial charge in [0.05, 0.1) is 0 Å². The smallest absolute Gasteiger partial charge is 0.0352 e. The van der Waals surface area contributed by atoms with Crippen LogP contribution >= 0.6 is 0 Å². The molecule has 0 spiro atoms. The summed E-state index contributed by atoms with van der Waals surface area (Å²) in [7, 11) is 0. The lowest BCUT2D eigenvalue weighted by atomic mass is 9.88. The van der Waals surface area contributed by atoms with Gasteiger partial charge in [-0.1, -0.05) is 151 Å². The van der Waals surface area contributed by atoms with Gasteiger partial charge in [-0.05, 0) is 104 Å². The van der Waals surface area contributed by atoms with Gasteiger partial charge in [0, 0.05) is 5.92 Å². The molecule has 0 nitrogen and oxygen atoms in total. The molecule has 0 unspecified atom stereocenters. The van der Waals surface area contributed by atoms with Gasteiger partial charge < -0.3 is 0 Å². The fraction of sp³-hybridized carbons (Fsp3) is 0.0455. The molecule has 0 heterocycles. The van der Waals surface area contributed by atoms with Gasteiger partial charge in [0.2, 0.25) is 0 Å². The summed E-state index contributed by atoms with van der Waals surface area (Å²) in [6.45, 7) is 2.16. The molecular formula is C44H32. The molecule has 1 aliphatic rings. The molecule has 0 heteroatoms. The van der Waals surface area contributed by atoms with Crippen molar-refractivity contribution in [2.24, 2.45) is 0 Å². The quantitative estimate of drug-likeness (QED) is 0.196. The van der Waals surface area contributed by atoms with Crippen LogP contribution in [0.1, 0.15) is 28.2 Å². The average molecular weight is 561 g/mol. The summed E-state index contributed by atoms with van der Waals surface area (Å²) in [6.07, 6.45) is 0. The SMILES string of the molecule is Cc1ccc(C2c3ccc(-c4cccc(-c5ccccc5)c4)cc3-c3cc(-c4cccc(-c5ccccc5)c4)ccc32)cc1. The first kappa shape index (κ1) is 26.2. The highest BCUT2D eigenvalue weighted by molar-refractivity contribution is 5.88. The Labute approximate surface area is 259 Å². The van der Waals surface area contributed by atoms with Crippen LogP contribution in [-0.2, 0) is 0 Å². The Kier molecular flexibility index (Phi) is 6.54. The van der Waals surface area contributed by atoms with Crippen molar-refractivity contribution in [1.29, 1.82) is 0 Å². The van der Waals surface area contributed by atoms with E-state index < -0.39 is 0 Å². The van der Waals surface area contributed by atoms with E-state index in [-0.39, 0.29) is 5.92 Å². The van der Waals surface area contributed by atoms with E-state index in [4.69, 9.17) is 0 Å². The third kappa shape index (κ3) is 4.75. The first-order chi connectivity index (χ1) is 21.7. The average Bonchev–Trinajstić information content (AvgIpc) is 3.42. The minimum Gasteiger partial charge on any atom is -0.0622 e. The molecule has 0 saturated carbocycles. The van der Waals surface area contributed by atoms with E-state index in [1.807, 2.05) is 0 Å². The highest BCUT2D eigenvalue weighted by Crippen LogP contribution is 2.50. The minimum absolute atomic E-state index is 0.218. The van der Waals surface area contributed by atoms with E-state index in [1.165, 1.54) is 77.9 Å². The van der Waals surface area contributed by atoms with Crippen LogP contribution in [0.25, 0.3) is 55.6 Å². The molecule has 44 heavy (non-hydrogen) atoms. The van der Waals surface area contributed by atoms with Gasteiger partial charge in [0.25, 0.3) is 0 Å². The summed E-state index contributed by atoms with van der Waals surface area (Å²) in [5.74, 6) is 0.218. The Bertz CT molecular complexity index is 1970. The van der Waals surface area contributed by atoms with Crippen molar-refractivity contribution < 1.29 is 0 Å². The van der Waals surface area contributed by atoms with Crippen molar-refractivity contribution in [1.82, 2.24) is 0 Å². The van der Waals surface area contributed by atoms with Crippen molar-refractivity contribution in [2.45, 2.75) is 12.8 Å². The second-order valence-corrected chi connectivity index (χ2v) is 11.8. The predicted octanol–water partition coefficient (Wildman–Crippen LogP) is 11.8. The molecule has 0 radical (unpaired) electrons. The normalized spacial score (nSPS) is 12.1. The zero-order valence-corrected chi connectivity index (χ0v) is 24.7. The van der Waals surface area contributed by atoms with Gasteiger partial charge >= 0.3 is 0 Å². The predicted molar refractivity (Wildman–Crippen MR) is 186 cm³/mol. The van der Waals surface area contributed by atoms with E-state index >= 15 is 0 Å². The zero-order chi connectivity index (χ0) is 29.5. The lowest BCUT2D eigenvalue weighted by molar-refractivity contribution is 1.01. The molecule has 0 saturated heterocycles. The highest BCUT2D eigenvalue weighted by atomic mass is 14.3. The van der Waals surface area contributed by atoms with Crippen molar-refractivity contribution in [3.05, 3.63) is 192 Å². The summed E-state index contributed by atoms with van der Waals surface area (Å²) >= 11 is 0. The van der Waals surface area contributed by atoms with Crippen molar-refractivity contribution in [2.75, 3.05) is 0 Å². The van der Waals surface area contributed by atoms with Gasteiger partial charge in [0.1, 0.15) is 0 Å². The Hall–Kier alpha value is -5.46. The standard InChI is InChI=1S/C44H32/c1-30-18-20-33(21-19-30)44-40-24-22-38(36-16-8-14-34(26-36)31-10-4-2-5-11-31)28-42(40)43-29-39(23-25-41(43)44)37-17-9-15-35(27-37)32-12-6-3-7-13-32/h2-29,44H,1H3. The monoisotopic (exact) mass is 560 g/mol. The first-order valence-electron chi connectivity index (χ1n) is 15.4. The molecule has 7 aromatic carbocycles. The molecule has 0 aromatic heterocycles. The molecule has 0 atom stereocenters. The van der Waals surface area contributed by atoms with Crippen LogP contribution in [0, 0.1) is 6.92 Å². The third-order valence-electron chi connectivity index (χ3n) is 9.04. The fourth-order valence-electron chi connectivity index (χ4n) is 6.75. The largest absolute Gasteiger partial charge is 0.0622 e. The summed E-state index contributed by atoms with van der Waals surface area (Å²) in [5, 5.41) is 0. The third-order valence-corrected chi connectivity index (χ3v) is 9.04. The van der Waals surface area contributed by atoms with Gasteiger partial charge in [-0.3, -0.25) is 0 Å². The molecule has 0 bridgehead atoms. The lowest BCUT2D eigenvalue weighted by Crippen LogP contribution is -1.99. The van der Waals surface area contributed by atoms with Crippen LogP contribution < -0.4 is 0 Å². The number of fused-ring (bicyclic) bond motifs is 3. The van der Waals surface area contributed by atoms with Crippen LogP contribution in [0.3, 0.4) is 0 Å². The van der Waals surface area contributed by atoms with Gasteiger partial charge in [0.15, 0.2) is 0 Å². The summed E-state index contributed by atoms with van der Waals surface area (Å²) in [5.41, 5.74) is 18.0. The van der Waals surface area contributed by atoms with Crippen LogP contribution in [0.15, 0.2) is 170 Å². The van der Waals surface area contributed by atoms with Crippen LogP contribution in [0.5, 0.6) is 0 Å². The first-order valence-corrected chi connectivity index (χ1v) is 15.4. The summed E-state index contributed by atoms with van der Waals surface area (Å²) in [4.78, 5) is 0. The van der Waals surface area contributed by atoms with Gasteiger partial charge in [-0.2, -0.15) is 0 Å². The van der Waals surface area contributed by atoms with Crippen molar-refractivity contribution in [3.63, 3.8) is 0 Å². The maximum Gasteiger partial charge on any atom is 0.0352 e. The second kappa shape index (κ2) is 11.0. The van der Waals surface area contributed by atoms with E-state index in [0.717, 1.165) is 0 Å². The molecule has 208 valence electrons. The molecule has 0 N–H and O–H groups in total. The van der Waals surface area contributed by atoms with Crippen LogP contribution in [0.4, 0.5) is 0 Å². The maximum atomic E-state index is 2.41. The van der Waals surface area contributed by atoms with E-state index in [9.17, 15) is 0 Å². The van der Waals surface area contributed by atoms with E-state index in [2.05, 4.69) is 177 Å². The number of hydrogen-bond acceptors (Lipinski definition) is 0. The zero-order valence-electron chi connectivity index (χ0n) is 24.7. The fourth-order valence-corrected chi connectivity index (χ4v) is 6.75. The Balaban J connectivity index is 1.26. The van der Waals surface area contributed by atoms with E-state index in [1.54, 1.807) is 0 Å². The molecule has 0 amide bonds. The molecule has 8 rings (SSSR count). The Morgan fingerprint density at radius 2 is 0.705 bits per heavy atom. The van der Waals surface area contributed by atoms with Crippen LogP contribution in [-0.4, -0.2) is 0 Å². The molecule has 1 aliphatic carbocycles. The summed E-state index contributed by atoms with van der Waals surface area (Å²) < 4.78 is 0. The van der Waals surface area contributed by atoms with Gasteiger partial charge in [-0.15, -0.1) is 0 Å². The molecule has 7 aromatic rings. The van der Waals surface area contributed by atoms with E-state index in [0.29, 0.717) is 0 Å². The van der Waals surface area contributed by atoms with Crippen molar-refractivity contribution >= 4 is 0 Å². The number of rotatable bonds is 5. The molecule has 0 fully saturated rings. The van der Waals surface area contributed by atoms with Crippen molar-refractivity contribution in [3.8, 4) is 55.6 Å². The molecule has 0 aliphatic heterocycles. The highest BCUT2D eigenvalue weighted by Gasteiger charge is 2.30. The second-order valence-electron chi connectivity index (χ2n) is 11.8. The number of benzene rings is 7. The molecular weight excluding hydrogens is 528 g/mol. The Morgan fingerprint density at radius 3 is 1.16 bits per heavy atom. The Morgan fingerprint density at radius 1 is 0.318 bits per heavy atom. The minimum atomic E-state index is 0.218. The van der Waals surface area contributed by atoms with Gasteiger partial charge in [-0.25, -0.2) is 0 Å².